The van der Waals surface area contributed by atoms with E-state index in [-0.39, 0.29) is 24.4 Å². The number of nitrogens with zero attached hydrogens (tertiary/aromatic N) is 2. The summed E-state index contributed by atoms with van der Waals surface area (Å²) in [7, 11) is 0. The number of nitrogens with two attached hydrogens (primary N) is 2. The molecule has 0 aliphatic carbocycles. The Labute approximate surface area is 114 Å². The van der Waals surface area contributed by atoms with Crippen LogP contribution < -0.4 is 11.5 Å². The van der Waals surface area contributed by atoms with E-state index in [9.17, 15) is 14.4 Å². The second kappa shape index (κ2) is 5.39. The van der Waals surface area contributed by atoms with Gasteiger partial charge in [0.2, 0.25) is 0 Å². The average Bonchev–Trinajstić information content (AvgIpc) is 2.70. The maximum absolute atomic E-state index is 11.8. The molecule has 0 radical (unpaired) electrons. The van der Waals surface area contributed by atoms with Crippen molar-refractivity contribution in [2.24, 2.45) is 16.5 Å². The monoisotopic (exact) mass is 276 g/mol. The van der Waals surface area contributed by atoms with E-state index in [0.717, 1.165) is 0 Å². The van der Waals surface area contributed by atoms with E-state index in [1.54, 1.807) is 0 Å². The molecule has 20 heavy (non-hydrogen) atoms. The Morgan fingerprint density at radius 2 is 1.65 bits per heavy atom. The molecule has 104 valence electrons. The zero-order valence-electron chi connectivity index (χ0n) is 10.4. The fraction of sp³-hybridized carbons (Fsp3) is 0.167. The minimum absolute atomic E-state index is 0.0511. The molecule has 8 heteroatoms. The molecule has 4 N–H and O–H groups in total. The maximum atomic E-state index is 11.8. The van der Waals surface area contributed by atoms with E-state index in [2.05, 4.69) is 4.99 Å². The first-order valence-electron chi connectivity index (χ1n) is 5.75. The van der Waals surface area contributed by atoms with Crippen LogP contribution in [-0.4, -0.2) is 28.8 Å². The topological polar surface area (TPSA) is 128 Å². The summed E-state index contributed by atoms with van der Waals surface area (Å²) >= 11 is 0. The second-order valence-electron chi connectivity index (χ2n) is 4.04. The van der Waals surface area contributed by atoms with Gasteiger partial charge in [0.15, 0.2) is 5.96 Å². The summed E-state index contributed by atoms with van der Waals surface area (Å²) < 4.78 is 0. The third-order valence-corrected chi connectivity index (χ3v) is 2.54. The normalized spacial score (nSPS) is 14.3. The van der Waals surface area contributed by atoms with Gasteiger partial charge in [-0.05, 0) is 24.3 Å². The van der Waals surface area contributed by atoms with Crippen LogP contribution in [0.3, 0.4) is 0 Å². The largest absolute Gasteiger partial charge is 0.370 e. The van der Waals surface area contributed by atoms with Crippen LogP contribution in [0.5, 0.6) is 0 Å². The fourth-order valence-electron chi connectivity index (χ4n) is 1.61. The highest BCUT2D eigenvalue weighted by molar-refractivity contribution is 6.02. The highest BCUT2D eigenvalue weighted by atomic mass is 16.7. The van der Waals surface area contributed by atoms with Crippen molar-refractivity contribution in [1.29, 1.82) is 0 Å². The van der Waals surface area contributed by atoms with Gasteiger partial charge in [0.05, 0.1) is 11.3 Å². The molecule has 0 aromatic heterocycles. The van der Waals surface area contributed by atoms with Crippen molar-refractivity contribution in [3.05, 3.63) is 29.8 Å². The molecule has 1 aliphatic rings. The molecule has 1 aliphatic heterocycles. The van der Waals surface area contributed by atoms with Crippen molar-refractivity contribution in [2.45, 2.75) is 12.8 Å². The number of guanidine groups is 1. The third-order valence-electron chi connectivity index (χ3n) is 2.54. The van der Waals surface area contributed by atoms with Crippen molar-refractivity contribution >= 4 is 29.4 Å². The van der Waals surface area contributed by atoms with Gasteiger partial charge in [-0.15, -0.1) is 5.06 Å². The number of aliphatic imine (C=N–C) groups is 1. The molecule has 0 spiro atoms. The number of rotatable bonds is 3. The molecule has 8 nitrogen and oxygen atoms in total. The van der Waals surface area contributed by atoms with Crippen LogP contribution in [0, 0.1) is 0 Å². The van der Waals surface area contributed by atoms with E-state index in [4.69, 9.17) is 16.3 Å². The average molecular weight is 276 g/mol. The molecule has 0 unspecified atom stereocenters. The van der Waals surface area contributed by atoms with Gasteiger partial charge >= 0.3 is 5.97 Å². The lowest BCUT2D eigenvalue weighted by molar-refractivity contribution is -0.172. The molecule has 1 fully saturated rings. The van der Waals surface area contributed by atoms with E-state index < -0.39 is 17.8 Å². The molecular formula is C12H12N4O4. The first-order chi connectivity index (χ1) is 9.47. The number of carbonyl (C=O) groups excluding carboxylic acids is 3. The van der Waals surface area contributed by atoms with Crippen LogP contribution in [0.25, 0.3) is 0 Å². The smallest absolute Gasteiger partial charge is 0.363 e. The van der Waals surface area contributed by atoms with Gasteiger partial charge in [0, 0.05) is 12.8 Å². The lowest BCUT2D eigenvalue weighted by Gasteiger charge is -2.12. The van der Waals surface area contributed by atoms with Crippen molar-refractivity contribution in [3.63, 3.8) is 0 Å². The molecule has 0 bridgehead atoms. The summed E-state index contributed by atoms with van der Waals surface area (Å²) in [5.41, 5.74) is 11.1. The van der Waals surface area contributed by atoms with Crippen LogP contribution in [0.2, 0.25) is 0 Å². The van der Waals surface area contributed by atoms with Gasteiger partial charge in [-0.2, -0.15) is 0 Å². The number of hydroxylamine groups is 2. The highest BCUT2D eigenvalue weighted by Gasteiger charge is 2.33. The number of imide groups is 1. The number of hydrogen-bond donors (Lipinski definition) is 2. The Morgan fingerprint density at radius 3 is 2.15 bits per heavy atom. The van der Waals surface area contributed by atoms with Crippen molar-refractivity contribution in [3.8, 4) is 0 Å². The molecular weight excluding hydrogens is 264 g/mol. The molecule has 2 rings (SSSR count). The fourth-order valence-corrected chi connectivity index (χ4v) is 1.61. The van der Waals surface area contributed by atoms with E-state index in [1.165, 1.54) is 24.3 Å². The number of amides is 2. The minimum atomic E-state index is -0.801. The standard InChI is InChI=1S/C12H12N4O4/c13-12(14)15-8-3-1-7(2-4-8)11(19)20-16-9(17)5-6-10(16)18/h1-4H,5-6H2,(H4,13,14,15). The molecule has 1 aromatic rings. The van der Waals surface area contributed by atoms with Crippen LogP contribution >= 0.6 is 0 Å². The van der Waals surface area contributed by atoms with E-state index in [0.29, 0.717) is 10.8 Å². The van der Waals surface area contributed by atoms with Gasteiger partial charge in [-0.3, -0.25) is 9.59 Å². The Bertz CT molecular complexity index is 574. The van der Waals surface area contributed by atoms with Gasteiger partial charge in [0.25, 0.3) is 11.8 Å². The van der Waals surface area contributed by atoms with E-state index in [1.807, 2.05) is 0 Å². The van der Waals surface area contributed by atoms with E-state index >= 15 is 0 Å². The van der Waals surface area contributed by atoms with Crippen molar-refractivity contribution < 1.29 is 19.2 Å². The molecule has 1 heterocycles. The van der Waals surface area contributed by atoms with Gasteiger partial charge in [0.1, 0.15) is 0 Å². The Hall–Kier alpha value is -2.90. The number of benzene rings is 1. The Kier molecular flexibility index (Phi) is 3.65. The summed E-state index contributed by atoms with van der Waals surface area (Å²) in [6, 6.07) is 5.86. The Morgan fingerprint density at radius 1 is 1.10 bits per heavy atom. The summed E-state index contributed by atoms with van der Waals surface area (Å²) in [6.07, 6.45) is 0.102. The SMILES string of the molecule is NC(N)=Nc1ccc(C(=O)ON2C(=O)CCC2=O)cc1. The maximum Gasteiger partial charge on any atom is 0.363 e. The minimum Gasteiger partial charge on any atom is -0.370 e. The lowest BCUT2D eigenvalue weighted by Crippen LogP contribution is -2.32. The third kappa shape index (κ3) is 2.91. The van der Waals surface area contributed by atoms with Crippen LogP contribution in [0.15, 0.2) is 29.3 Å². The highest BCUT2D eigenvalue weighted by Crippen LogP contribution is 2.16. The molecule has 0 saturated carbocycles. The number of carbonyl (C=O) groups is 3. The summed E-state index contributed by atoms with van der Waals surface area (Å²) in [4.78, 5) is 42.9. The van der Waals surface area contributed by atoms with Gasteiger partial charge in [-0.1, -0.05) is 0 Å². The van der Waals surface area contributed by atoms with Crippen LogP contribution in [0.1, 0.15) is 23.2 Å². The zero-order chi connectivity index (χ0) is 14.7. The van der Waals surface area contributed by atoms with Crippen LogP contribution in [0.4, 0.5) is 5.69 Å². The molecule has 1 saturated heterocycles. The van der Waals surface area contributed by atoms with Crippen molar-refractivity contribution in [2.75, 3.05) is 0 Å². The zero-order valence-corrected chi connectivity index (χ0v) is 10.4. The Balaban J connectivity index is 2.08. The van der Waals surface area contributed by atoms with Crippen LogP contribution in [-0.2, 0) is 14.4 Å². The molecule has 2 amide bonds. The predicted octanol–water partition coefficient (Wildman–Crippen LogP) is -0.188. The quantitative estimate of drug-likeness (QED) is 0.447. The van der Waals surface area contributed by atoms with Gasteiger partial charge in [-0.25, -0.2) is 9.79 Å². The second-order valence-corrected chi connectivity index (χ2v) is 4.04. The summed E-state index contributed by atoms with van der Waals surface area (Å²) in [5.74, 6) is -1.96. The summed E-state index contributed by atoms with van der Waals surface area (Å²) in [5, 5.41) is 0.492. The molecule has 1 aromatic carbocycles. The predicted molar refractivity (Wildman–Crippen MR) is 68.4 cm³/mol. The van der Waals surface area contributed by atoms with Crippen molar-refractivity contribution in [1.82, 2.24) is 5.06 Å². The summed E-state index contributed by atoms with van der Waals surface area (Å²) in [6.45, 7) is 0. The lowest BCUT2D eigenvalue weighted by atomic mass is 10.2. The first kappa shape index (κ1) is 13.5. The molecule has 0 atom stereocenters. The van der Waals surface area contributed by atoms with Gasteiger partial charge < -0.3 is 16.3 Å². The first-order valence-corrected chi connectivity index (χ1v) is 5.75. The number of hydrogen-bond acceptors (Lipinski definition) is 5.